The van der Waals surface area contributed by atoms with Gasteiger partial charge in [0.15, 0.2) is 0 Å². The number of aliphatic carboxylic acids is 2. The van der Waals surface area contributed by atoms with Gasteiger partial charge in [-0.25, -0.2) is 0 Å². The van der Waals surface area contributed by atoms with Crippen LogP contribution in [0, 0.1) is 0 Å². The van der Waals surface area contributed by atoms with Crippen LogP contribution in [0.5, 0.6) is 0 Å². The van der Waals surface area contributed by atoms with Gasteiger partial charge < -0.3 is 10.2 Å². The Kier molecular flexibility index (Phi) is 5.07. The molecule has 5 heteroatoms. The molecule has 0 aromatic heterocycles. The van der Waals surface area contributed by atoms with E-state index in [1.165, 1.54) is 4.90 Å². The highest BCUT2D eigenvalue weighted by atomic mass is 16.4. The number of rotatable bonds is 7. The molecule has 0 aliphatic rings. The molecule has 0 unspecified atom stereocenters. The topological polar surface area (TPSA) is 77.8 Å². The summed E-state index contributed by atoms with van der Waals surface area (Å²) >= 11 is 0. The minimum absolute atomic E-state index is 0.288. The summed E-state index contributed by atoms with van der Waals surface area (Å²) in [5.74, 6) is -2.09. The van der Waals surface area contributed by atoms with Gasteiger partial charge in [0.1, 0.15) is 0 Å². The van der Waals surface area contributed by atoms with Crippen molar-refractivity contribution in [1.29, 1.82) is 0 Å². The van der Waals surface area contributed by atoms with Crippen molar-refractivity contribution in [2.45, 2.75) is 6.54 Å². The van der Waals surface area contributed by atoms with Crippen molar-refractivity contribution in [2.24, 2.45) is 0 Å². The van der Waals surface area contributed by atoms with Gasteiger partial charge in [-0.3, -0.25) is 14.5 Å². The van der Waals surface area contributed by atoms with E-state index in [9.17, 15) is 9.59 Å². The summed E-state index contributed by atoms with van der Waals surface area (Å²) in [5, 5.41) is 17.4. The van der Waals surface area contributed by atoms with E-state index in [1.54, 1.807) is 6.08 Å². The van der Waals surface area contributed by atoms with E-state index in [1.807, 2.05) is 24.3 Å². The molecule has 0 bridgehead atoms. The summed E-state index contributed by atoms with van der Waals surface area (Å²) < 4.78 is 0. The second kappa shape index (κ2) is 6.56. The fourth-order valence-electron chi connectivity index (χ4n) is 1.57. The highest BCUT2D eigenvalue weighted by Gasteiger charge is 2.13. The summed E-state index contributed by atoms with van der Waals surface area (Å²) in [6, 6.07) is 7.35. The van der Waals surface area contributed by atoms with Gasteiger partial charge in [-0.15, -0.1) is 0 Å². The van der Waals surface area contributed by atoms with Crippen LogP contribution in [0.4, 0.5) is 0 Å². The van der Waals surface area contributed by atoms with Gasteiger partial charge in [-0.05, 0) is 11.1 Å². The maximum absolute atomic E-state index is 10.6. The molecule has 0 aliphatic heterocycles. The SMILES string of the molecule is C=Cc1ccc(CN(CC(=O)O)CC(=O)O)cc1. The zero-order valence-corrected chi connectivity index (χ0v) is 9.87. The summed E-state index contributed by atoms with van der Waals surface area (Å²) in [4.78, 5) is 22.6. The van der Waals surface area contributed by atoms with E-state index in [4.69, 9.17) is 10.2 Å². The second-order valence-corrected chi connectivity index (χ2v) is 3.88. The van der Waals surface area contributed by atoms with E-state index >= 15 is 0 Å². The van der Waals surface area contributed by atoms with Gasteiger partial charge in [0.05, 0.1) is 13.1 Å². The minimum atomic E-state index is -1.04. The molecule has 2 N–H and O–H groups in total. The highest BCUT2D eigenvalue weighted by molar-refractivity contribution is 5.72. The van der Waals surface area contributed by atoms with Crippen LogP contribution < -0.4 is 0 Å². The molecule has 0 atom stereocenters. The number of carbonyl (C=O) groups is 2. The van der Waals surface area contributed by atoms with Crippen LogP contribution in [0.1, 0.15) is 11.1 Å². The maximum atomic E-state index is 10.6. The van der Waals surface area contributed by atoms with Gasteiger partial charge in [0.2, 0.25) is 0 Å². The standard InChI is InChI=1S/C13H15NO4/c1-2-10-3-5-11(6-4-10)7-14(8-12(15)16)9-13(17)18/h2-6H,1,7-9H2,(H,15,16)(H,17,18). The molecule has 0 amide bonds. The molecule has 1 rings (SSSR count). The summed E-state index contributed by atoms with van der Waals surface area (Å²) in [6.45, 7) is 3.33. The van der Waals surface area contributed by atoms with E-state index < -0.39 is 11.9 Å². The smallest absolute Gasteiger partial charge is 0.317 e. The predicted molar refractivity (Wildman–Crippen MR) is 67.1 cm³/mol. The monoisotopic (exact) mass is 249 g/mol. The highest BCUT2D eigenvalue weighted by Crippen LogP contribution is 2.08. The third-order valence-electron chi connectivity index (χ3n) is 2.34. The normalized spacial score (nSPS) is 10.3. The largest absolute Gasteiger partial charge is 0.480 e. The molecule has 1 aromatic rings. The van der Waals surface area contributed by atoms with Gasteiger partial charge in [-0.2, -0.15) is 0 Å². The van der Waals surface area contributed by atoms with Crippen molar-refractivity contribution < 1.29 is 19.8 Å². The number of hydrogen-bond donors (Lipinski definition) is 2. The van der Waals surface area contributed by atoms with Crippen LogP contribution in [0.3, 0.4) is 0 Å². The Hall–Kier alpha value is -2.14. The predicted octanol–water partition coefficient (Wildman–Crippen LogP) is 1.30. The molecule has 0 saturated heterocycles. The van der Waals surface area contributed by atoms with E-state index in [2.05, 4.69) is 6.58 Å². The molecule has 0 aliphatic carbocycles. The number of benzene rings is 1. The van der Waals surface area contributed by atoms with Crippen molar-refractivity contribution in [1.82, 2.24) is 4.90 Å². The third kappa shape index (κ3) is 4.80. The molecule has 1 aromatic carbocycles. The number of nitrogens with zero attached hydrogens (tertiary/aromatic N) is 1. The molecular formula is C13H15NO4. The van der Waals surface area contributed by atoms with Gasteiger partial charge >= 0.3 is 11.9 Å². The summed E-state index contributed by atoms with van der Waals surface area (Å²) in [5.41, 5.74) is 1.82. The van der Waals surface area contributed by atoms with Gasteiger partial charge in [0.25, 0.3) is 0 Å². The van der Waals surface area contributed by atoms with Crippen LogP contribution in [0.25, 0.3) is 6.08 Å². The number of carboxylic acid groups (broad SMARTS) is 2. The second-order valence-electron chi connectivity index (χ2n) is 3.88. The molecule has 0 radical (unpaired) electrons. The Morgan fingerprint density at radius 3 is 2.00 bits per heavy atom. The Morgan fingerprint density at radius 2 is 1.61 bits per heavy atom. The summed E-state index contributed by atoms with van der Waals surface area (Å²) in [7, 11) is 0. The molecule has 5 nitrogen and oxygen atoms in total. The van der Waals surface area contributed by atoms with Crippen LogP contribution in [0.15, 0.2) is 30.8 Å². The van der Waals surface area contributed by atoms with Gasteiger partial charge in [-0.1, -0.05) is 36.9 Å². The fraction of sp³-hybridized carbons (Fsp3) is 0.231. The quantitative estimate of drug-likeness (QED) is 0.761. The number of carboxylic acids is 2. The average Bonchev–Trinajstić information content (AvgIpc) is 2.28. The average molecular weight is 249 g/mol. The summed E-state index contributed by atoms with van der Waals surface area (Å²) in [6.07, 6.45) is 1.70. The molecule has 0 saturated carbocycles. The van der Waals surface area contributed by atoms with Crippen molar-refractivity contribution in [3.63, 3.8) is 0 Å². The molecular weight excluding hydrogens is 234 g/mol. The van der Waals surface area contributed by atoms with Gasteiger partial charge in [0, 0.05) is 6.54 Å². The lowest BCUT2D eigenvalue weighted by Crippen LogP contribution is -2.33. The molecule has 0 heterocycles. The third-order valence-corrected chi connectivity index (χ3v) is 2.34. The molecule has 18 heavy (non-hydrogen) atoms. The zero-order valence-electron chi connectivity index (χ0n) is 9.87. The van der Waals surface area contributed by atoms with E-state index in [-0.39, 0.29) is 19.6 Å². The molecule has 96 valence electrons. The zero-order chi connectivity index (χ0) is 13.5. The van der Waals surface area contributed by atoms with Crippen LogP contribution in [-0.4, -0.2) is 40.1 Å². The first kappa shape index (κ1) is 13.9. The first-order valence-corrected chi connectivity index (χ1v) is 5.38. The Balaban J connectivity index is 2.71. The fourth-order valence-corrected chi connectivity index (χ4v) is 1.57. The molecule has 0 spiro atoms. The van der Waals surface area contributed by atoms with Crippen molar-refractivity contribution in [3.05, 3.63) is 42.0 Å². The Morgan fingerprint density at radius 1 is 1.11 bits per heavy atom. The van der Waals surface area contributed by atoms with E-state index in [0.29, 0.717) is 0 Å². The Labute approximate surface area is 105 Å². The van der Waals surface area contributed by atoms with Crippen LogP contribution in [0.2, 0.25) is 0 Å². The number of hydrogen-bond acceptors (Lipinski definition) is 3. The molecule has 0 fully saturated rings. The first-order valence-electron chi connectivity index (χ1n) is 5.38. The van der Waals surface area contributed by atoms with E-state index in [0.717, 1.165) is 11.1 Å². The van der Waals surface area contributed by atoms with Crippen molar-refractivity contribution >= 4 is 18.0 Å². The maximum Gasteiger partial charge on any atom is 0.317 e. The lowest BCUT2D eigenvalue weighted by Gasteiger charge is -2.17. The lowest BCUT2D eigenvalue weighted by molar-refractivity contribution is -0.142. The van der Waals surface area contributed by atoms with Crippen LogP contribution in [-0.2, 0) is 16.1 Å². The first-order chi connectivity index (χ1) is 8.51. The Bertz CT molecular complexity index is 423. The van der Waals surface area contributed by atoms with Crippen molar-refractivity contribution in [3.8, 4) is 0 Å². The van der Waals surface area contributed by atoms with Crippen molar-refractivity contribution in [2.75, 3.05) is 13.1 Å². The lowest BCUT2D eigenvalue weighted by atomic mass is 10.1. The van der Waals surface area contributed by atoms with Crippen LogP contribution >= 0.6 is 0 Å². The minimum Gasteiger partial charge on any atom is -0.480 e.